The third-order valence-corrected chi connectivity index (χ3v) is 3.65. The van der Waals surface area contributed by atoms with E-state index >= 15 is 0 Å². The summed E-state index contributed by atoms with van der Waals surface area (Å²) in [5.41, 5.74) is 1.89. The number of aromatic hydroxyl groups is 1. The highest BCUT2D eigenvalue weighted by atomic mass is 32.2. The molecule has 0 saturated carbocycles. The Hall–Kier alpha value is -3.14. The summed E-state index contributed by atoms with van der Waals surface area (Å²) in [6.07, 6.45) is 0. The molecule has 2 aromatic carbocycles. The van der Waals surface area contributed by atoms with Gasteiger partial charge in [-0.25, -0.2) is 0 Å². The van der Waals surface area contributed by atoms with Crippen molar-refractivity contribution in [3.63, 3.8) is 0 Å². The number of nitriles is 2. The molecule has 0 amide bonds. The number of phenols is 1. The molecule has 0 aliphatic carbocycles. The minimum atomic E-state index is -4.54. The van der Waals surface area contributed by atoms with Crippen molar-refractivity contribution in [1.29, 1.82) is 10.5 Å². The molecular formula is C13H8N4O4S. The van der Waals surface area contributed by atoms with Gasteiger partial charge in [0.1, 0.15) is 28.5 Å². The van der Waals surface area contributed by atoms with Crippen LogP contribution >= 0.6 is 0 Å². The zero-order valence-corrected chi connectivity index (χ0v) is 11.7. The molecule has 22 heavy (non-hydrogen) atoms. The summed E-state index contributed by atoms with van der Waals surface area (Å²) in [5, 5.41) is 31.1. The number of nitrogens with one attached hydrogen (secondary N) is 1. The van der Waals surface area contributed by atoms with E-state index in [0.717, 1.165) is 6.07 Å². The van der Waals surface area contributed by atoms with E-state index in [-0.39, 0.29) is 16.5 Å². The Morgan fingerprint density at radius 2 is 1.77 bits per heavy atom. The molecular weight excluding hydrogens is 308 g/mol. The summed E-state index contributed by atoms with van der Waals surface area (Å²) in [4.78, 5) is -0.462. The summed E-state index contributed by atoms with van der Waals surface area (Å²) < 4.78 is 32.0. The summed E-state index contributed by atoms with van der Waals surface area (Å²) in [7, 11) is -4.54. The quantitative estimate of drug-likeness (QED) is 0.337. The molecule has 0 aromatic heterocycles. The first-order chi connectivity index (χ1) is 10.4. The maximum Gasteiger partial charge on any atom is 0.295 e. The second kappa shape index (κ2) is 5.69. The van der Waals surface area contributed by atoms with Crippen molar-refractivity contribution in [2.24, 2.45) is 5.10 Å². The number of nitrogens with zero attached hydrogens (tertiary/aromatic N) is 3. The van der Waals surface area contributed by atoms with Gasteiger partial charge in [-0.15, -0.1) is 0 Å². The van der Waals surface area contributed by atoms with Gasteiger partial charge in [0.15, 0.2) is 0 Å². The lowest BCUT2D eigenvalue weighted by molar-refractivity contribution is 0.469. The lowest BCUT2D eigenvalue weighted by Gasteiger charge is -2.11. The first-order valence-electron chi connectivity index (χ1n) is 5.74. The first-order valence-corrected chi connectivity index (χ1v) is 7.18. The number of rotatable bonds is 3. The summed E-state index contributed by atoms with van der Waals surface area (Å²) in [5.74, 6) is -0.509. The summed E-state index contributed by atoms with van der Waals surface area (Å²) in [6.45, 7) is 0. The molecule has 0 fully saturated rings. The molecule has 0 unspecified atom stereocenters. The van der Waals surface area contributed by atoms with Crippen molar-refractivity contribution >= 4 is 32.3 Å². The van der Waals surface area contributed by atoms with E-state index < -0.39 is 26.5 Å². The third-order valence-electron chi connectivity index (χ3n) is 2.76. The smallest absolute Gasteiger partial charge is 0.295 e. The highest BCUT2D eigenvalue weighted by Gasteiger charge is 2.19. The number of hydrogen-bond acceptors (Lipinski definition) is 7. The average Bonchev–Trinajstić information content (AvgIpc) is 2.48. The minimum Gasteiger partial charge on any atom is -0.506 e. The van der Waals surface area contributed by atoms with Crippen LogP contribution < -0.4 is 5.43 Å². The maximum atomic E-state index is 11.4. The molecule has 0 atom stereocenters. The molecule has 0 saturated heterocycles. The van der Waals surface area contributed by atoms with Crippen molar-refractivity contribution in [1.82, 2.24) is 0 Å². The molecule has 0 heterocycles. The van der Waals surface area contributed by atoms with Crippen molar-refractivity contribution in [2.45, 2.75) is 4.90 Å². The summed E-state index contributed by atoms with van der Waals surface area (Å²) in [6, 6.07) is 9.98. The first kappa shape index (κ1) is 15.3. The van der Waals surface area contributed by atoms with E-state index in [1.165, 1.54) is 24.3 Å². The van der Waals surface area contributed by atoms with Crippen molar-refractivity contribution in [3.05, 3.63) is 30.3 Å². The fraction of sp³-hybridized carbons (Fsp3) is 0. The molecule has 0 aliphatic rings. The second-order valence-electron chi connectivity index (χ2n) is 4.09. The van der Waals surface area contributed by atoms with Crippen LogP contribution in [0.25, 0.3) is 10.8 Å². The Kier molecular flexibility index (Phi) is 3.95. The number of hydrazone groups is 1. The van der Waals surface area contributed by atoms with Gasteiger partial charge in [0, 0.05) is 16.8 Å². The van der Waals surface area contributed by atoms with E-state index in [1.807, 2.05) is 0 Å². The van der Waals surface area contributed by atoms with Crippen LogP contribution in [-0.4, -0.2) is 23.8 Å². The summed E-state index contributed by atoms with van der Waals surface area (Å²) >= 11 is 0. The van der Waals surface area contributed by atoms with Crippen molar-refractivity contribution < 1.29 is 18.1 Å². The van der Waals surface area contributed by atoms with Crippen molar-refractivity contribution in [3.8, 4) is 17.9 Å². The van der Waals surface area contributed by atoms with Crippen LogP contribution in [0.3, 0.4) is 0 Å². The van der Waals surface area contributed by atoms with Gasteiger partial charge in [-0.2, -0.15) is 24.0 Å². The number of hydrogen-bond donors (Lipinski definition) is 3. The topological polar surface area (TPSA) is 147 Å². The van der Waals surface area contributed by atoms with Gasteiger partial charge in [-0.05, 0) is 0 Å². The Labute approximate surface area is 125 Å². The Morgan fingerprint density at radius 3 is 2.32 bits per heavy atom. The van der Waals surface area contributed by atoms with Crippen molar-refractivity contribution in [2.75, 3.05) is 5.43 Å². The number of fused-ring (bicyclic) bond motifs is 1. The Bertz CT molecular complexity index is 952. The molecule has 0 radical (unpaired) electrons. The van der Waals surface area contributed by atoms with Crippen LogP contribution in [0.4, 0.5) is 5.69 Å². The van der Waals surface area contributed by atoms with Crippen LogP contribution in [0, 0.1) is 22.7 Å². The Morgan fingerprint density at radius 1 is 1.18 bits per heavy atom. The fourth-order valence-electron chi connectivity index (χ4n) is 1.85. The van der Waals surface area contributed by atoms with Gasteiger partial charge in [0.05, 0.1) is 0 Å². The highest BCUT2D eigenvalue weighted by Crippen LogP contribution is 2.37. The van der Waals surface area contributed by atoms with Gasteiger partial charge in [-0.3, -0.25) is 9.98 Å². The van der Waals surface area contributed by atoms with Crippen LogP contribution in [0.5, 0.6) is 5.75 Å². The van der Waals surface area contributed by atoms with Crippen LogP contribution in [-0.2, 0) is 10.1 Å². The lowest BCUT2D eigenvalue weighted by atomic mass is 10.1. The molecule has 3 N–H and O–H groups in total. The molecule has 9 heteroatoms. The van der Waals surface area contributed by atoms with Crippen LogP contribution in [0.1, 0.15) is 0 Å². The standard InChI is InChI=1S/C13H8N4O4S/c14-6-8(7-15)16-17-13-10-4-2-1-3-9(10)12(5-11(13)18)22(19,20)21/h1-5,17-18H,(H,19,20,21). The number of phenolic OH excluding ortho intramolecular Hbond substituents is 1. The molecule has 110 valence electrons. The molecule has 0 bridgehead atoms. The van der Waals surface area contributed by atoms with E-state index in [2.05, 4.69) is 10.5 Å². The zero-order valence-electron chi connectivity index (χ0n) is 10.8. The van der Waals surface area contributed by atoms with E-state index in [4.69, 9.17) is 10.5 Å². The number of anilines is 1. The fourth-order valence-corrected chi connectivity index (χ4v) is 2.56. The van der Waals surface area contributed by atoms with E-state index in [9.17, 15) is 18.1 Å². The second-order valence-corrected chi connectivity index (χ2v) is 5.48. The molecule has 2 rings (SSSR count). The molecule has 8 nitrogen and oxygen atoms in total. The van der Waals surface area contributed by atoms with Crippen LogP contribution in [0.2, 0.25) is 0 Å². The molecule has 2 aromatic rings. The largest absolute Gasteiger partial charge is 0.506 e. The van der Waals surface area contributed by atoms with Gasteiger partial charge in [-0.1, -0.05) is 24.3 Å². The minimum absolute atomic E-state index is 0.00556. The Balaban J connectivity index is 2.74. The SMILES string of the molecule is N#CC(C#N)=NNc1c(O)cc(S(=O)(=O)O)c2ccccc12. The maximum absolute atomic E-state index is 11.4. The predicted octanol–water partition coefficient (Wildman–Crippen LogP) is 1.61. The molecule has 0 aliphatic heterocycles. The predicted molar refractivity (Wildman–Crippen MR) is 77.7 cm³/mol. The number of benzene rings is 2. The highest BCUT2D eigenvalue weighted by molar-refractivity contribution is 7.86. The zero-order chi connectivity index (χ0) is 16.3. The third kappa shape index (κ3) is 2.81. The van der Waals surface area contributed by atoms with E-state index in [0.29, 0.717) is 0 Å². The van der Waals surface area contributed by atoms with Gasteiger partial charge in [0.2, 0.25) is 5.71 Å². The molecule has 0 spiro atoms. The van der Waals surface area contributed by atoms with Gasteiger partial charge >= 0.3 is 0 Å². The van der Waals surface area contributed by atoms with Crippen LogP contribution in [0.15, 0.2) is 40.3 Å². The normalized spacial score (nSPS) is 10.5. The van der Waals surface area contributed by atoms with Gasteiger partial charge in [0.25, 0.3) is 10.1 Å². The van der Waals surface area contributed by atoms with Gasteiger partial charge < -0.3 is 5.11 Å². The average molecular weight is 316 g/mol. The van der Waals surface area contributed by atoms with E-state index in [1.54, 1.807) is 12.1 Å². The monoisotopic (exact) mass is 316 g/mol. The lowest BCUT2D eigenvalue weighted by Crippen LogP contribution is -2.02.